The van der Waals surface area contributed by atoms with E-state index >= 15 is 0 Å². The topological polar surface area (TPSA) is 66.4 Å². The summed E-state index contributed by atoms with van der Waals surface area (Å²) in [5.74, 6) is 0.0262. The molecule has 0 aliphatic heterocycles. The molecule has 0 aliphatic rings. The summed E-state index contributed by atoms with van der Waals surface area (Å²) in [4.78, 5) is 23.5. The Kier molecular flexibility index (Phi) is 7.67. The van der Waals surface area contributed by atoms with Crippen LogP contribution in [0.4, 0.5) is 0 Å². The van der Waals surface area contributed by atoms with Crippen LogP contribution in [0, 0.1) is 0 Å². The van der Waals surface area contributed by atoms with Crippen LogP contribution in [0.3, 0.4) is 0 Å². The quantitative estimate of drug-likeness (QED) is 0.637. The lowest BCUT2D eigenvalue weighted by molar-refractivity contribution is -0.141. The molecule has 0 radical (unpaired) electrons. The predicted octanol–water partition coefficient (Wildman–Crippen LogP) is 2.52. The molecule has 0 aliphatic carbocycles. The second kappa shape index (κ2) is 8.73. The molecule has 0 spiro atoms. The third-order valence-corrected chi connectivity index (χ3v) is 4.81. The van der Waals surface area contributed by atoms with Crippen molar-refractivity contribution in [1.82, 2.24) is 5.32 Å². The number of rotatable bonds is 8. The first kappa shape index (κ1) is 16.7. The fourth-order valence-electron chi connectivity index (χ4n) is 1.30. The van der Waals surface area contributed by atoms with E-state index in [0.29, 0.717) is 17.9 Å². The highest BCUT2D eigenvalue weighted by Gasteiger charge is 2.18. The minimum Gasteiger partial charge on any atom is -0.480 e. The van der Waals surface area contributed by atoms with Crippen LogP contribution < -0.4 is 5.32 Å². The lowest BCUT2D eigenvalue weighted by Gasteiger charge is -2.12. The molecule has 1 heterocycles. The zero-order valence-corrected chi connectivity index (χ0v) is 13.2. The van der Waals surface area contributed by atoms with E-state index in [1.165, 1.54) is 23.1 Å². The summed E-state index contributed by atoms with van der Waals surface area (Å²) in [6.45, 7) is 0. The van der Waals surface area contributed by atoms with Crippen molar-refractivity contribution in [3.05, 3.63) is 21.3 Å². The molecule has 0 fully saturated rings. The van der Waals surface area contributed by atoms with Crippen LogP contribution in [0.25, 0.3) is 0 Å². The van der Waals surface area contributed by atoms with Crippen molar-refractivity contribution in [1.29, 1.82) is 0 Å². The van der Waals surface area contributed by atoms with Gasteiger partial charge in [-0.1, -0.05) is 11.6 Å². The summed E-state index contributed by atoms with van der Waals surface area (Å²) in [6.07, 6.45) is 0.315. The van der Waals surface area contributed by atoms with Crippen LogP contribution in [-0.4, -0.2) is 34.5 Å². The number of carbonyl (C=O) groups excluding carboxylic acids is 1. The fourth-order valence-corrected chi connectivity index (χ4v) is 3.59. The molecule has 1 aromatic heterocycles. The lowest BCUT2D eigenvalue weighted by Crippen LogP contribution is -2.41. The number of thioether (sulfide) groups is 1. The van der Waals surface area contributed by atoms with Crippen LogP contribution in [0.1, 0.15) is 11.3 Å². The van der Waals surface area contributed by atoms with Crippen molar-refractivity contribution in [2.75, 3.05) is 11.5 Å². The van der Waals surface area contributed by atoms with Gasteiger partial charge in [0.15, 0.2) is 0 Å². The molecule has 0 bridgehead atoms. The van der Waals surface area contributed by atoms with Crippen molar-refractivity contribution in [3.8, 4) is 0 Å². The van der Waals surface area contributed by atoms with Crippen molar-refractivity contribution in [2.45, 2.75) is 18.2 Å². The zero-order valence-electron chi connectivity index (χ0n) is 9.97. The molecule has 1 unspecified atom stereocenters. The molecule has 1 aromatic rings. The molecule has 1 rings (SSSR count). The summed E-state index contributed by atoms with van der Waals surface area (Å²) in [6, 6.07) is 2.87. The number of aliphatic carboxylic acids is 1. The maximum absolute atomic E-state index is 11.6. The molecular formula is C11H14ClNO3S3. The number of hydrogen-bond acceptors (Lipinski definition) is 5. The maximum Gasteiger partial charge on any atom is 0.326 e. The normalized spacial score (nSPS) is 12.1. The first-order chi connectivity index (χ1) is 9.02. The van der Waals surface area contributed by atoms with Gasteiger partial charge in [-0.2, -0.15) is 12.6 Å². The highest BCUT2D eigenvalue weighted by Crippen LogP contribution is 2.24. The number of thiol groups is 1. The summed E-state index contributed by atoms with van der Waals surface area (Å²) in [7, 11) is 0. The summed E-state index contributed by atoms with van der Waals surface area (Å²) < 4.78 is 0.722. The van der Waals surface area contributed by atoms with Gasteiger partial charge in [-0.05, 0) is 24.3 Å². The largest absolute Gasteiger partial charge is 0.480 e. The summed E-state index contributed by atoms with van der Waals surface area (Å²) >= 11 is 12.7. The molecule has 0 aromatic carbocycles. The molecule has 4 nitrogen and oxygen atoms in total. The van der Waals surface area contributed by atoms with Crippen molar-refractivity contribution >= 4 is 59.2 Å². The molecular weight excluding hydrogens is 326 g/mol. The number of nitrogens with one attached hydrogen (secondary N) is 1. The Labute approximate surface area is 130 Å². The van der Waals surface area contributed by atoms with Crippen molar-refractivity contribution in [3.63, 3.8) is 0 Å². The second-order valence-corrected chi connectivity index (χ2v) is 6.90. The number of carboxylic acids is 1. The summed E-state index contributed by atoms with van der Waals surface area (Å²) in [5.41, 5.74) is 0. The van der Waals surface area contributed by atoms with E-state index in [1.807, 2.05) is 12.1 Å². The highest BCUT2D eigenvalue weighted by atomic mass is 35.5. The van der Waals surface area contributed by atoms with Crippen LogP contribution >= 0.6 is 47.3 Å². The standard InChI is InChI=1S/C11H14ClNO3S3/c12-9-2-1-7(19-9)5-18-6-10(14)13-8(3-4-17)11(15)16/h1-2,8,17H,3-6H2,(H,13,14)(H,15,16). The van der Waals surface area contributed by atoms with Gasteiger partial charge in [0.25, 0.3) is 0 Å². The van der Waals surface area contributed by atoms with Crippen molar-refractivity contribution in [2.24, 2.45) is 0 Å². The van der Waals surface area contributed by atoms with Crippen molar-refractivity contribution < 1.29 is 14.7 Å². The van der Waals surface area contributed by atoms with E-state index in [-0.39, 0.29) is 11.7 Å². The van der Waals surface area contributed by atoms with E-state index in [0.717, 1.165) is 9.21 Å². The number of hydrogen-bond donors (Lipinski definition) is 3. The monoisotopic (exact) mass is 339 g/mol. The Hall–Kier alpha value is -0.370. The predicted molar refractivity (Wildman–Crippen MR) is 83.5 cm³/mol. The number of amides is 1. The highest BCUT2D eigenvalue weighted by molar-refractivity contribution is 7.99. The number of carboxylic acid groups (broad SMARTS) is 1. The smallest absolute Gasteiger partial charge is 0.326 e. The molecule has 0 saturated heterocycles. The summed E-state index contributed by atoms with van der Waals surface area (Å²) in [5, 5.41) is 11.4. The molecule has 1 amide bonds. The Bertz CT molecular complexity index is 439. The van der Waals surface area contributed by atoms with Gasteiger partial charge in [-0.3, -0.25) is 4.79 Å². The van der Waals surface area contributed by atoms with Gasteiger partial charge in [-0.25, -0.2) is 4.79 Å². The SMILES string of the molecule is O=C(CSCc1ccc(Cl)s1)NC(CCS)C(=O)O. The fraction of sp³-hybridized carbons (Fsp3) is 0.455. The van der Waals surface area contributed by atoms with E-state index in [1.54, 1.807) is 0 Å². The minimum absolute atomic E-state index is 0.228. The number of halogens is 1. The Morgan fingerprint density at radius 2 is 2.26 bits per heavy atom. The van der Waals surface area contributed by atoms with Gasteiger partial charge in [-0.15, -0.1) is 23.1 Å². The van der Waals surface area contributed by atoms with Crippen LogP contribution in [0.5, 0.6) is 0 Å². The molecule has 8 heteroatoms. The number of thiophene rings is 1. The zero-order chi connectivity index (χ0) is 14.3. The number of carbonyl (C=O) groups is 2. The van der Waals surface area contributed by atoms with E-state index < -0.39 is 12.0 Å². The Balaban J connectivity index is 2.28. The van der Waals surface area contributed by atoms with Gasteiger partial charge >= 0.3 is 5.97 Å². The van der Waals surface area contributed by atoms with E-state index in [2.05, 4.69) is 17.9 Å². The minimum atomic E-state index is -1.03. The van der Waals surface area contributed by atoms with Gasteiger partial charge in [0.2, 0.25) is 5.91 Å². The van der Waals surface area contributed by atoms with Gasteiger partial charge in [0.05, 0.1) is 10.1 Å². The molecule has 2 N–H and O–H groups in total. The Morgan fingerprint density at radius 1 is 1.53 bits per heavy atom. The van der Waals surface area contributed by atoms with Crippen LogP contribution in [0.15, 0.2) is 12.1 Å². The Morgan fingerprint density at radius 3 is 2.79 bits per heavy atom. The first-order valence-corrected chi connectivity index (χ1v) is 8.46. The van der Waals surface area contributed by atoms with Gasteiger partial charge in [0.1, 0.15) is 6.04 Å². The van der Waals surface area contributed by atoms with E-state index in [4.69, 9.17) is 16.7 Å². The van der Waals surface area contributed by atoms with Gasteiger partial charge in [0, 0.05) is 10.6 Å². The third-order valence-electron chi connectivity index (χ3n) is 2.16. The van der Waals surface area contributed by atoms with Crippen LogP contribution in [0.2, 0.25) is 4.34 Å². The molecule has 106 valence electrons. The van der Waals surface area contributed by atoms with Gasteiger partial charge < -0.3 is 10.4 Å². The molecule has 19 heavy (non-hydrogen) atoms. The van der Waals surface area contributed by atoms with Crippen LogP contribution in [-0.2, 0) is 15.3 Å². The molecule has 1 atom stereocenters. The average Bonchev–Trinajstić information content (AvgIpc) is 2.74. The molecule has 0 saturated carbocycles. The maximum atomic E-state index is 11.6. The second-order valence-electron chi connectivity index (χ2n) is 3.67. The lowest BCUT2D eigenvalue weighted by atomic mass is 10.2. The van der Waals surface area contributed by atoms with E-state index in [9.17, 15) is 9.59 Å². The average molecular weight is 340 g/mol. The first-order valence-electron chi connectivity index (χ1n) is 5.48. The third kappa shape index (κ3) is 6.56.